The average molecular weight is 524 g/mol. The molecule has 0 N–H and O–H groups in total. The lowest BCUT2D eigenvalue weighted by atomic mass is 9.88. The number of hydrogen-bond acceptors (Lipinski definition) is 4. The minimum Gasteiger partial charge on any atom is -0.465 e. The van der Waals surface area contributed by atoms with E-state index in [1.54, 1.807) is 9.13 Å². The van der Waals surface area contributed by atoms with E-state index < -0.39 is 0 Å². The van der Waals surface area contributed by atoms with Crippen molar-refractivity contribution < 1.29 is 9.53 Å². The molecule has 6 nitrogen and oxygen atoms in total. The fourth-order valence-electron chi connectivity index (χ4n) is 5.64. The Morgan fingerprint density at radius 3 is 2.21 bits per heavy atom. The summed E-state index contributed by atoms with van der Waals surface area (Å²) in [7, 11) is 0. The van der Waals surface area contributed by atoms with Gasteiger partial charge >= 0.3 is 11.7 Å². The van der Waals surface area contributed by atoms with Crippen LogP contribution in [0.2, 0.25) is 0 Å². The van der Waals surface area contributed by atoms with Crippen LogP contribution >= 0.6 is 0 Å². The van der Waals surface area contributed by atoms with Crippen LogP contribution in [-0.4, -0.2) is 39.7 Å². The summed E-state index contributed by atoms with van der Waals surface area (Å²) in [5, 5.41) is 0. The maximum Gasteiger partial charge on any atom is 0.333 e. The van der Waals surface area contributed by atoms with Gasteiger partial charge in [-0.1, -0.05) is 72.3 Å². The van der Waals surface area contributed by atoms with Crippen molar-refractivity contribution in [1.82, 2.24) is 14.0 Å². The Bertz CT molecular complexity index is 1430. The lowest BCUT2D eigenvalue weighted by Crippen LogP contribution is -2.40. The highest BCUT2D eigenvalue weighted by atomic mass is 16.5. The van der Waals surface area contributed by atoms with Gasteiger partial charge in [0.2, 0.25) is 0 Å². The Morgan fingerprint density at radius 2 is 1.56 bits per heavy atom. The number of piperidine rings is 1. The third-order valence-electron chi connectivity index (χ3n) is 7.94. The Hall–Kier alpha value is -3.90. The van der Waals surface area contributed by atoms with Gasteiger partial charge in [-0.2, -0.15) is 0 Å². The van der Waals surface area contributed by atoms with Crippen LogP contribution in [0.1, 0.15) is 66.9 Å². The van der Waals surface area contributed by atoms with Crippen LogP contribution < -0.4 is 5.69 Å². The molecule has 0 radical (unpaired) electrons. The summed E-state index contributed by atoms with van der Waals surface area (Å²) in [6, 6.07) is 26.2. The van der Waals surface area contributed by atoms with Gasteiger partial charge in [0.15, 0.2) is 0 Å². The second-order valence-electron chi connectivity index (χ2n) is 10.4. The zero-order chi connectivity index (χ0) is 27.4. The third kappa shape index (κ3) is 5.76. The molecule has 3 aromatic carbocycles. The maximum atomic E-state index is 13.2. The highest BCUT2D eigenvalue weighted by Gasteiger charge is 2.32. The van der Waals surface area contributed by atoms with E-state index in [2.05, 4.69) is 55.1 Å². The van der Waals surface area contributed by atoms with Crippen LogP contribution in [0, 0.1) is 6.92 Å². The zero-order valence-corrected chi connectivity index (χ0v) is 23.0. The van der Waals surface area contributed by atoms with E-state index in [-0.39, 0.29) is 23.7 Å². The first-order valence-electron chi connectivity index (χ1n) is 13.9. The first kappa shape index (κ1) is 26.7. The maximum absolute atomic E-state index is 13.2. The number of rotatable bonds is 8. The van der Waals surface area contributed by atoms with Crippen LogP contribution in [0.5, 0.6) is 0 Å². The molecule has 4 aromatic rings. The van der Waals surface area contributed by atoms with E-state index in [4.69, 9.17) is 4.74 Å². The Balaban J connectivity index is 1.27. The number of aryl methyl sites for hydroxylation is 1. The van der Waals surface area contributed by atoms with Crippen molar-refractivity contribution in [3.63, 3.8) is 0 Å². The van der Waals surface area contributed by atoms with Crippen molar-refractivity contribution >= 4 is 5.97 Å². The predicted molar refractivity (Wildman–Crippen MR) is 154 cm³/mol. The van der Waals surface area contributed by atoms with Crippen molar-refractivity contribution in [2.45, 2.75) is 51.6 Å². The molecule has 0 spiro atoms. The summed E-state index contributed by atoms with van der Waals surface area (Å²) in [5.74, 6) is 0.234. The van der Waals surface area contributed by atoms with E-state index in [9.17, 15) is 9.59 Å². The lowest BCUT2D eigenvalue weighted by Gasteiger charge is -2.36. The van der Waals surface area contributed by atoms with Crippen LogP contribution in [0.4, 0.5) is 0 Å². The van der Waals surface area contributed by atoms with Gasteiger partial charge in [0.05, 0.1) is 18.3 Å². The molecular formula is C33H37N3O3. The number of ether oxygens (including phenoxy) is 1. The topological polar surface area (TPSA) is 56.5 Å². The first-order chi connectivity index (χ1) is 19.0. The molecule has 0 amide bonds. The molecule has 5 rings (SSSR count). The van der Waals surface area contributed by atoms with Crippen molar-refractivity contribution in [2.24, 2.45) is 0 Å². The summed E-state index contributed by atoms with van der Waals surface area (Å²) in [4.78, 5) is 28.3. The molecule has 0 aliphatic carbocycles. The molecule has 1 aliphatic rings. The van der Waals surface area contributed by atoms with Gasteiger partial charge < -0.3 is 4.74 Å². The Labute approximate surface area is 230 Å². The minimum atomic E-state index is -0.368. The molecule has 0 bridgehead atoms. The van der Waals surface area contributed by atoms with Crippen LogP contribution in [0.3, 0.4) is 0 Å². The fourth-order valence-corrected chi connectivity index (χ4v) is 5.64. The second kappa shape index (κ2) is 11.9. The van der Waals surface area contributed by atoms with E-state index in [0.29, 0.717) is 12.5 Å². The average Bonchev–Trinajstić information content (AvgIpc) is 3.35. The number of hydrogen-bond donors (Lipinski definition) is 0. The molecule has 1 aromatic heterocycles. The molecule has 1 aliphatic heterocycles. The molecule has 2 heterocycles. The number of likely N-dealkylation sites (tertiary alicyclic amines) is 1. The van der Waals surface area contributed by atoms with Crippen LogP contribution in [0.15, 0.2) is 96.1 Å². The second-order valence-corrected chi connectivity index (χ2v) is 10.4. The van der Waals surface area contributed by atoms with Gasteiger partial charge in [-0.3, -0.25) is 14.0 Å². The van der Waals surface area contributed by atoms with E-state index in [1.165, 1.54) is 11.1 Å². The molecule has 6 heteroatoms. The Kier molecular flexibility index (Phi) is 8.13. The summed E-state index contributed by atoms with van der Waals surface area (Å²) in [6.45, 7) is 7.99. The first-order valence-corrected chi connectivity index (χ1v) is 13.9. The van der Waals surface area contributed by atoms with E-state index in [1.807, 2.05) is 61.8 Å². The number of nitrogens with zero attached hydrogens (tertiary/aromatic N) is 3. The van der Waals surface area contributed by atoms with Gasteiger partial charge in [0.1, 0.15) is 6.04 Å². The Morgan fingerprint density at radius 1 is 0.897 bits per heavy atom. The SMILES string of the molecule is CCOC(=O)C(c1ccccc1)N1CCC(c2ccc(-n3ccn([C@H](C)c4ccc(C)cc4)c3=O)cc2)CC1. The van der Waals surface area contributed by atoms with Crippen LogP contribution in [0.25, 0.3) is 5.69 Å². The standard InChI is InChI=1S/C33H37N3O3/c1-4-39-32(37)31(29-8-6-5-7-9-29)34-20-18-28(19-21-34)27-14-16-30(17-15-27)36-23-22-35(33(36)38)25(3)26-12-10-24(2)11-13-26/h5-17,22-23,25,28,31H,4,18-21H2,1-3H3/t25-,31?/m1/s1. The highest BCUT2D eigenvalue weighted by molar-refractivity contribution is 5.77. The molecule has 2 atom stereocenters. The van der Waals surface area contributed by atoms with Crippen molar-refractivity contribution in [1.29, 1.82) is 0 Å². The molecule has 1 fully saturated rings. The highest BCUT2D eigenvalue weighted by Crippen LogP contribution is 2.33. The van der Waals surface area contributed by atoms with Gasteiger partial charge in [0.25, 0.3) is 0 Å². The van der Waals surface area contributed by atoms with Gasteiger partial charge in [-0.05, 0) is 81.4 Å². The quantitative estimate of drug-likeness (QED) is 0.264. The molecule has 1 saturated heterocycles. The van der Waals surface area contributed by atoms with Crippen molar-refractivity contribution in [3.8, 4) is 5.69 Å². The zero-order valence-electron chi connectivity index (χ0n) is 23.0. The number of aromatic nitrogens is 2. The summed E-state index contributed by atoms with van der Waals surface area (Å²) < 4.78 is 8.91. The smallest absolute Gasteiger partial charge is 0.333 e. The molecule has 0 saturated carbocycles. The minimum absolute atomic E-state index is 0.0434. The normalized spacial score (nSPS) is 16.1. The molecular weight excluding hydrogens is 486 g/mol. The summed E-state index contributed by atoms with van der Waals surface area (Å²) >= 11 is 0. The van der Waals surface area contributed by atoms with Crippen LogP contribution in [-0.2, 0) is 9.53 Å². The monoisotopic (exact) mass is 523 g/mol. The summed E-state index contributed by atoms with van der Waals surface area (Å²) in [5.41, 5.74) is 5.38. The van der Waals surface area contributed by atoms with Gasteiger partial charge in [-0.15, -0.1) is 0 Å². The predicted octanol–water partition coefficient (Wildman–Crippen LogP) is 6.04. The molecule has 39 heavy (non-hydrogen) atoms. The fraction of sp³-hybridized carbons (Fsp3) is 0.333. The van der Waals surface area contributed by atoms with Gasteiger partial charge in [-0.25, -0.2) is 9.59 Å². The summed E-state index contributed by atoms with van der Waals surface area (Å²) in [6.07, 6.45) is 5.64. The third-order valence-corrected chi connectivity index (χ3v) is 7.94. The van der Waals surface area contributed by atoms with E-state index >= 15 is 0 Å². The van der Waals surface area contributed by atoms with E-state index in [0.717, 1.165) is 42.7 Å². The largest absolute Gasteiger partial charge is 0.465 e. The number of imidazole rings is 1. The van der Waals surface area contributed by atoms with Crippen molar-refractivity contribution in [2.75, 3.05) is 19.7 Å². The molecule has 1 unspecified atom stereocenters. The van der Waals surface area contributed by atoms with Gasteiger partial charge in [0, 0.05) is 12.4 Å². The number of benzene rings is 3. The van der Waals surface area contributed by atoms with Crippen molar-refractivity contribution in [3.05, 3.63) is 124 Å². The number of carbonyl (C=O) groups is 1. The number of carbonyl (C=O) groups excluding carboxylic acids is 1. The number of esters is 1. The lowest BCUT2D eigenvalue weighted by molar-refractivity contribution is -0.150. The molecule has 202 valence electrons.